The summed E-state index contributed by atoms with van der Waals surface area (Å²) in [5.74, 6) is 0.302. The minimum atomic E-state index is -0.391. The lowest BCUT2D eigenvalue weighted by molar-refractivity contribution is 0.553. The zero-order chi connectivity index (χ0) is 87.6. The SMILES string of the molecule is C1=CC2=CC=C3C=CC=C4C(N(c5ccccc5)c5ccc6c(c5)N(c5c(-c7cccc(-c8ccccc8)c7)cccc5-c5cccc(-c7ccccc7)c5)c5cc(-c7ccccc7)cc7c5B6c5ccc(N(c6ccccc6)c6ccc8ccc9cccc%10ccc6c8c9%10)cc5N7c5c(-c6cccc(-c7ccccc7)c6)cccc5-c5cccc(-c6ccccc6)c5)=CC(=C1)C2C34. The summed E-state index contributed by atoms with van der Waals surface area (Å²) in [4.78, 5) is 10.6. The average Bonchev–Trinajstić information content (AvgIpc) is 0.696. The molecule has 133 heavy (non-hydrogen) atoms. The Balaban J connectivity index is 0.815. The predicted molar refractivity (Wildman–Crippen MR) is 562 cm³/mol. The monoisotopic (exact) mass is 1690 g/mol. The Kier molecular flexibility index (Phi) is 18.5. The van der Waals surface area contributed by atoms with Gasteiger partial charge in [0.15, 0.2) is 0 Å². The first-order valence-corrected chi connectivity index (χ1v) is 46.3. The van der Waals surface area contributed by atoms with Crippen LogP contribution in [0.15, 0.2) is 532 Å². The molecule has 20 aromatic rings. The fourth-order valence-corrected chi connectivity index (χ4v) is 22.3. The molecule has 20 aromatic carbocycles. The van der Waals surface area contributed by atoms with Crippen LogP contribution in [-0.2, 0) is 0 Å². The topological polar surface area (TPSA) is 13.0 Å². The van der Waals surface area contributed by atoms with Gasteiger partial charge in [-0.2, -0.15) is 0 Å². The molecule has 4 aliphatic carbocycles. The molecule has 0 amide bonds. The molecule has 5 heteroatoms. The van der Waals surface area contributed by atoms with Crippen LogP contribution in [0.1, 0.15) is 0 Å². The summed E-state index contributed by atoms with van der Waals surface area (Å²) in [5.41, 5.74) is 41.5. The molecule has 26 rings (SSSR count). The highest BCUT2D eigenvalue weighted by atomic mass is 15.2. The number of anilines is 11. The zero-order valence-electron chi connectivity index (χ0n) is 72.9. The van der Waals surface area contributed by atoms with Crippen molar-refractivity contribution in [3.63, 3.8) is 0 Å². The molecule has 4 nitrogen and oxygen atoms in total. The fraction of sp³-hybridized carbons (Fsp3) is 0.0156. The van der Waals surface area contributed by atoms with Crippen LogP contribution in [-0.4, -0.2) is 6.71 Å². The number of nitrogens with zero attached hydrogens (tertiary/aromatic N) is 4. The number of hydrogen-bond acceptors (Lipinski definition) is 4. The molecule has 0 radical (unpaired) electrons. The smallest absolute Gasteiger partial charge is 0.252 e. The summed E-state index contributed by atoms with van der Waals surface area (Å²) in [7, 11) is 0. The van der Waals surface area contributed by atoms with Gasteiger partial charge in [0.2, 0.25) is 0 Å². The number of rotatable bonds is 17. The number of para-hydroxylation sites is 4. The van der Waals surface area contributed by atoms with Gasteiger partial charge in [0.25, 0.3) is 6.71 Å². The van der Waals surface area contributed by atoms with Gasteiger partial charge in [0.1, 0.15) is 0 Å². The Morgan fingerprint density at radius 3 is 1.05 bits per heavy atom. The maximum Gasteiger partial charge on any atom is 0.252 e. The second kappa shape index (κ2) is 32.0. The van der Waals surface area contributed by atoms with E-state index in [1.165, 1.54) is 65.5 Å². The van der Waals surface area contributed by atoms with Crippen LogP contribution in [0.2, 0.25) is 0 Å². The van der Waals surface area contributed by atoms with Crippen LogP contribution in [0.4, 0.5) is 62.6 Å². The van der Waals surface area contributed by atoms with Gasteiger partial charge in [-0.15, -0.1) is 0 Å². The number of benzene rings is 20. The molecule has 6 aliphatic rings. The Labute approximate surface area is 775 Å². The predicted octanol–water partition coefficient (Wildman–Crippen LogP) is 32.3. The number of hydrogen-bond donors (Lipinski definition) is 0. The summed E-state index contributed by atoms with van der Waals surface area (Å²) >= 11 is 0. The Hall–Kier alpha value is -17.1. The molecule has 2 heterocycles. The van der Waals surface area contributed by atoms with Crippen molar-refractivity contribution in [3.05, 3.63) is 532 Å². The molecule has 620 valence electrons. The molecular weight excluding hydrogens is 1600 g/mol. The summed E-state index contributed by atoms with van der Waals surface area (Å²) in [6, 6.07) is 169. The summed E-state index contributed by atoms with van der Waals surface area (Å²) in [6.07, 6.45) is 21.2. The van der Waals surface area contributed by atoms with Crippen LogP contribution in [0.3, 0.4) is 0 Å². The zero-order valence-corrected chi connectivity index (χ0v) is 72.9. The molecule has 2 atom stereocenters. The molecule has 2 aliphatic heterocycles. The Bertz CT molecular complexity index is 8100. The summed E-state index contributed by atoms with van der Waals surface area (Å²) in [5, 5.41) is 7.37. The highest BCUT2D eigenvalue weighted by molar-refractivity contribution is 7.00. The van der Waals surface area contributed by atoms with Gasteiger partial charge in [-0.05, 0) is 241 Å². The molecule has 0 bridgehead atoms. The van der Waals surface area contributed by atoms with Crippen LogP contribution in [0.5, 0.6) is 0 Å². The van der Waals surface area contributed by atoms with E-state index in [0.717, 1.165) is 174 Å². The van der Waals surface area contributed by atoms with Crippen molar-refractivity contribution in [3.8, 4) is 100 Å². The van der Waals surface area contributed by atoms with Crippen molar-refractivity contribution in [2.24, 2.45) is 11.8 Å². The Morgan fingerprint density at radius 1 is 0.233 bits per heavy atom. The van der Waals surface area contributed by atoms with Crippen LogP contribution < -0.4 is 36.0 Å². The molecule has 2 unspecified atom stereocenters. The van der Waals surface area contributed by atoms with Gasteiger partial charge in [0, 0.05) is 85.0 Å². The van der Waals surface area contributed by atoms with Gasteiger partial charge in [-0.3, -0.25) is 0 Å². The molecule has 0 saturated carbocycles. The molecule has 0 spiro atoms. The van der Waals surface area contributed by atoms with Crippen molar-refractivity contribution in [1.29, 1.82) is 0 Å². The average molecular weight is 1690 g/mol. The quantitative estimate of drug-likeness (QED) is 0.0665. The standard InChI is InChI=1S/C128H85BN4/c1-8-31-84(32-9-1)94-45-24-49-98(75-94)108-58-29-59-109(99-50-25-46-95(76-99)85-33-10-2-11-34-85)127(108)132-118-82-106(130(104-54-18-6-19-55-104)116-74-68-93-66-64-89-41-22-42-91-67-71-113(116)125(93)122(89)91)69-72-114(118)129-115-73-70-107(131(105-56-20-7-21-57-105)117-79-102-53-23-43-90-63-65-92-44-28-62-112(117)124(92)123(90)102)83-119(115)133(121-81-103(80-120(132)126(121)129)88-39-16-5-17-40-88)128-110(100-51-26-47-96(77-100)86-35-12-3-13-36-86)60-30-61-111(128)101-52-27-48-97(78-101)87-37-14-4-15-38-87/h1-83,123-124H. The highest BCUT2D eigenvalue weighted by Crippen LogP contribution is 2.59. The van der Waals surface area contributed by atoms with E-state index in [1.54, 1.807) is 0 Å². The largest absolute Gasteiger partial charge is 0.310 e. The van der Waals surface area contributed by atoms with Crippen LogP contribution in [0, 0.1) is 11.8 Å². The third kappa shape index (κ3) is 13.1. The lowest BCUT2D eigenvalue weighted by Gasteiger charge is -2.47. The first kappa shape index (κ1) is 77.1. The number of allylic oxidation sites excluding steroid dienone is 13. The van der Waals surface area contributed by atoms with Gasteiger partial charge in [-0.25, -0.2) is 0 Å². The minimum Gasteiger partial charge on any atom is -0.310 e. The van der Waals surface area contributed by atoms with E-state index < -0.39 is 6.71 Å². The van der Waals surface area contributed by atoms with Crippen molar-refractivity contribution < 1.29 is 0 Å². The van der Waals surface area contributed by atoms with E-state index in [0.29, 0.717) is 0 Å². The van der Waals surface area contributed by atoms with E-state index in [4.69, 9.17) is 0 Å². The molecule has 0 aromatic heterocycles. The molecule has 0 fully saturated rings. The third-order valence-corrected chi connectivity index (χ3v) is 28.3. The van der Waals surface area contributed by atoms with Gasteiger partial charge in [0.05, 0.1) is 22.8 Å². The van der Waals surface area contributed by atoms with E-state index >= 15 is 0 Å². The van der Waals surface area contributed by atoms with Crippen LogP contribution in [0.25, 0.3) is 132 Å². The minimum absolute atomic E-state index is 0.112. The lowest BCUT2D eigenvalue weighted by atomic mass is 9.33. The van der Waals surface area contributed by atoms with Crippen molar-refractivity contribution >= 4 is 118 Å². The highest BCUT2D eigenvalue weighted by Gasteiger charge is 2.48. The Morgan fingerprint density at radius 2 is 0.594 bits per heavy atom. The molecule has 0 N–H and O–H groups in total. The van der Waals surface area contributed by atoms with Crippen molar-refractivity contribution in [2.75, 3.05) is 19.6 Å². The molecular formula is C128H85BN4. The lowest BCUT2D eigenvalue weighted by Crippen LogP contribution is -2.61. The van der Waals surface area contributed by atoms with Crippen LogP contribution >= 0.6 is 0 Å². The summed E-state index contributed by atoms with van der Waals surface area (Å²) in [6.45, 7) is -0.391. The third-order valence-electron chi connectivity index (χ3n) is 28.3. The van der Waals surface area contributed by atoms with E-state index in [-0.39, 0.29) is 11.8 Å². The second-order valence-corrected chi connectivity index (χ2v) is 35.7. The second-order valence-electron chi connectivity index (χ2n) is 35.7. The van der Waals surface area contributed by atoms with Crippen molar-refractivity contribution in [1.82, 2.24) is 0 Å². The van der Waals surface area contributed by atoms with E-state index in [1.807, 2.05) is 0 Å². The van der Waals surface area contributed by atoms with Gasteiger partial charge < -0.3 is 19.6 Å². The maximum atomic E-state index is 2.74. The molecule has 0 saturated heterocycles. The fourth-order valence-electron chi connectivity index (χ4n) is 22.3. The normalized spacial score (nSPS) is 14.7. The first-order valence-electron chi connectivity index (χ1n) is 46.3. The summed E-state index contributed by atoms with van der Waals surface area (Å²) < 4.78 is 0. The first-order chi connectivity index (χ1) is 66.0. The number of fused-ring (bicyclic) bond motifs is 4. The van der Waals surface area contributed by atoms with Gasteiger partial charge in [-0.1, -0.05) is 407 Å². The van der Waals surface area contributed by atoms with Crippen molar-refractivity contribution in [2.45, 2.75) is 0 Å². The van der Waals surface area contributed by atoms with E-state index in [9.17, 15) is 0 Å². The van der Waals surface area contributed by atoms with Gasteiger partial charge >= 0.3 is 0 Å². The maximum absolute atomic E-state index is 2.74. The van der Waals surface area contributed by atoms with E-state index in [2.05, 4.69) is 523 Å².